The molecule has 1 fully saturated rings. The first-order valence-electron chi connectivity index (χ1n) is 8.92. The minimum absolute atomic E-state index is 0.315. The lowest BCUT2D eigenvalue weighted by atomic mass is 9.83. The number of benzene rings is 2. The van der Waals surface area contributed by atoms with E-state index in [0.717, 1.165) is 10.8 Å². The Morgan fingerprint density at radius 1 is 1.14 bits per heavy atom. The number of nitrogens with zero attached hydrogens (tertiary/aromatic N) is 3. The van der Waals surface area contributed by atoms with E-state index in [2.05, 4.69) is 4.98 Å². The first kappa shape index (κ1) is 17.0. The van der Waals surface area contributed by atoms with Crippen molar-refractivity contribution < 1.29 is 14.3 Å². The van der Waals surface area contributed by atoms with Crippen LogP contribution in [0, 0.1) is 0 Å². The van der Waals surface area contributed by atoms with Crippen molar-refractivity contribution in [3.05, 3.63) is 65.4 Å². The molecule has 0 radical (unpaired) electrons. The van der Waals surface area contributed by atoms with Crippen LogP contribution in [-0.4, -0.2) is 35.5 Å². The molecule has 0 unspecified atom stereocenters. The van der Waals surface area contributed by atoms with Crippen LogP contribution < -0.4 is 9.64 Å². The van der Waals surface area contributed by atoms with E-state index in [9.17, 15) is 9.59 Å². The summed E-state index contributed by atoms with van der Waals surface area (Å²) in [6, 6.07) is 12.3. The lowest BCUT2D eigenvalue weighted by Gasteiger charge is -2.37. The van der Waals surface area contributed by atoms with Crippen LogP contribution in [0.15, 0.2) is 54.9 Å². The maximum Gasteiger partial charge on any atom is 0.332 e. The molecule has 0 aliphatic carbocycles. The molecule has 0 saturated carbocycles. The number of likely N-dealkylation sites (N-methyl/N-ethyl adjacent to an activating group) is 1. The highest BCUT2D eigenvalue weighted by Gasteiger charge is 2.59. The Morgan fingerprint density at radius 2 is 1.96 bits per heavy atom. The summed E-state index contributed by atoms with van der Waals surface area (Å²) in [5.74, 6) is 0.256. The van der Waals surface area contributed by atoms with Crippen molar-refractivity contribution >= 4 is 40.0 Å². The Bertz CT molecular complexity index is 1140. The van der Waals surface area contributed by atoms with Gasteiger partial charge in [0.25, 0.3) is 5.91 Å². The van der Waals surface area contributed by atoms with E-state index < -0.39 is 11.6 Å². The second-order valence-corrected chi connectivity index (χ2v) is 7.40. The van der Waals surface area contributed by atoms with Crippen LogP contribution in [0.2, 0.25) is 5.02 Å². The molecule has 2 aliphatic heterocycles. The third-order valence-corrected chi connectivity index (χ3v) is 5.84. The number of aromatic nitrogens is 1. The second-order valence-electron chi connectivity index (χ2n) is 6.96. The fraction of sp³-hybridized carbons (Fsp3) is 0.190. The van der Waals surface area contributed by atoms with E-state index >= 15 is 0 Å². The van der Waals surface area contributed by atoms with E-state index in [1.54, 1.807) is 37.6 Å². The molecule has 6 nitrogen and oxygen atoms in total. The van der Waals surface area contributed by atoms with Gasteiger partial charge in [0.2, 0.25) is 0 Å². The van der Waals surface area contributed by atoms with Crippen molar-refractivity contribution in [2.45, 2.75) is 12.0 Å². The molecule has 1 saturated heterocycles. The van der Waals surface area contributed by atoms with Gasteiger partial charge in [-0.3, -0.25) is 9.78 Å². The molecule has 2 aromatic carbocycles. The van der Waals surface area contributed by atoms with Crippen molar-refractivity contribution in [2.75, 3.05) is 18.6 Å². The van der Waals surface area contributed by atoms with Crippen molar-refractivity contribution in [1.29, 1.82) is 0 Å². The number of anilines is 1. The highest BCUT2D eigenvalue weighted by Crippen LogP contribution is 2.48. The largest absolute Gasteiger partial charge is 0.493 e. The number of hydrogen-bond acceptors (Lipinski definition) is 4. The van der Waals surface area contributed by atoms with Gasteiger partial charge in [-0.05, 0) is 18.2 Å². The van der Waals surface area contributed by atoms with Gasteiger partial charge in [-0.1, -0.05) is 35.9 Å². The normalized spacial score (nSPS) is 21.4. The quantitative estimate of drug-likeness (QED) is 0.587. The molecule has 1 aromatic heterocycles. The number of amides is 3. The predicted octanol–water partition coefficient (Wildman–Crippen LogP) is 3.96. The molecule has 28 heavy (non-hydrogen) atoms. The number of pyridine rings is 1. The van der Waals surface area contributed by atoms with E-state index in [4.69, 9.17) is 16.3 Å². The van der Waals surface area contributed by atoms with Crippen LogP contribution in [0.25, 0.3) is 10.8 Å². The van der Waals surface area contributed by atoms with E-state index in [-0.39, 0.29) is 5.91 Å². The molecule has 2 aliphatic rings. The highest BCUT2D eigenvalue weighted by atomic mass is 35.5. The van der Waals surface area contributed by atoms with Crippen molar-refractivity contribution in [3.63, 3.8) is 0 Å². The summed E-state index contributed by atoms with van der Waals surface area (Å²) in [7, 11) is 1.65. The number of imide groups is 1. The molecular formula is C21H16ClN3O3. The Labute approximate surface area is 166 Å². The van der Waals surface area contributed by atoms with Crippen LogP contribution in [0.3, 0.4) is 0 Å². The van der Waals surface area contributed by atoms with Crippen molar-refractivity contribution in [2.24, 2.45) is 0 Å². The number of carbonyl (C=O) groups is 2. The summed E-state index contributed by atoms with van der Waals surface area (Å²) in [5, 5.41) is 2.14. The number of rotatable bonds is 1. The maximum atomic E-state index is 13.8. The summed E-state index contributed by atoms with van der Waals surface area (Å²) in [4.78, 5) is 34.0. The SMILES string of the molecule is CN1C(=O)N(c2cncc3ccccc23)C(=O)[C@@]12CCOc1ccc(Cl)cc12. The molecule has 0 N–H and O–H groups in total. The lowest BCUT2D eigenvalue weighted by Crippen LogP contribution is -2.48. The average Bonchev–Trinajstić information content (AvgIpc) is 2.90. The van der Waals surface area contributed by atoms with Gasteiger partial charge in [-0.2, -0.15) is 0 Å². The lowest BCUT2D eigenvalue weighted by molar-refractivity contribution is -0.126. The summed E-state index contributed by atoms with van der Waals surface area (Å²) in [6.07, 6.45) is 3.63. The predicted molar refractivity (Wildman–Crippen MR) is 106 cm³/mol. The molecule has 1 atom stereocenters. The number of urea groups is 1. The Kier molecular flexibility index (Phi) is 3.61. The summed E-state index contributed by atoms with van der Waals surface area (Å²) < 4.78 is 5.73. The van der Waals surface area contributed by atoms with Crippen LogP contribution in [0.1, 0.15) is 12.0 Å². The number of carbonyl (C=O) groups excluding carboxylic acids is 2. The van der Waals surface area contributed by atoms with Crippen molar-refractivity contribution in [3.8, 4) is 5.75 Å². The van der Waals surface area contributed by atoms with Crippen molar-refractivity contribution in [1.82, 2.24) is 9.88 Å². The summed E-state index contributed by atoms with van der Waals surface area (Å²) >= 11 is 6.21. The Hall–Kier alpha value is -3.12. The highest BCUT2D eigenvalue weighted by molar-refractivity contribution is 6.31. The van der Waals surface area contributed by atoms with E-state index in [0.29, 0.717) is 35.1 Å². The third kappa shape index (κ3) is 2.12. The van der Waals surface area contributed by atoms with Crippen LogP contribution in [0.5, 0.6) is 5.75 Å². The fourth-order valence-electron chi connectivity index (χ4n) is 4.18. The second kappa shape index (κ2) is 5.94. The molecule has 7 heteroatoms. The zero-order valence-corrected chi connectivity index (χ0v) is 15.8. The standard InChI is InChI=1S/C21H16ClN3O3/c1-24-20(27)25(17-12-23-11-13-4-2-3-5-15(13)17)19(26)21(24)8-9-28-18-7-6-14(22)10-16(18)21/h2-7,10-12H,8-9H2,1H3/t21-/m0/s1. The number of ether oxygens (including phenoxy) is 1. The van der Waals surface area contributed by atoms with Crippen LogP contribution >= 0.6 is 11.6 Å². The fourth-order valence-corrected chi connectivity index (χ4v) is 4.36. The number of fused-ring (bicyclic) bond motifs is 3. The van der Waals surface area contributed by atoms with E-state index in [1.165, 1.54) is 9.80 Å². The van der Waals surface area contributed by atoms with Gasteiger partial charge in [0.1, 0.15) is 5.75 Å². The molecule has 0 bridgehead atoms. The van der Waals surface area contributed by atoms with Gasteiger partial charge in [-0.25, -0.2) is 9.69 Å². The zero-order valence-electron chi connectivity index (χ0n) is 15.1. The molecule has 3 amide bonds. The molecule has 3 heterocycles. The maximum absolute atomic E-state index is 13.8. The minimum Gasteiger partial charge on any atom is -0.493 e. The Balaban J connectivity index is 1.73. The Morgan fingerprint density at radius 3 is 2.82 bits per heavy atom. The van der Waals surface area contributed by atoms with Crippen LogP contribution in [0.4, 0.5) is 10.5 Å². The molecule has 1 spiro atoms. The number of halogens is 1. The van der Waals surface area contributed by atoms with E-state index in [1.807, 2.05) is 24.3 Å². The monoisotopic (exact) mass is 393 g/mol. The first-order valence-corrected chi connectivity index (χ1v) is 9.30. The van der Waals surface area contributed by atoms with Gasteiger partial charge in [0.05, 0.1) is 18.5 Å². The average molecular weight is 394 g/mol. The van der Waals surface area contributed by atoms with Gasteiger partial charge >= 0.3 is 6.03 Å². The molecule has 3 aromatic rings. The molecule has 5 rings (SSSR count). The first-order chi connectivity index (χ1) is 13.5. The van der Waals surface area contributed by atoms with Gasteiger partial charge < -0.3 is 9.64 Å². The zero-order chi connectivity index (χ0) is 19.5. The van der Waals surface area contributed by atoms with Gasteiger partial charge in [0, 0.05) is 41.0 Å². The topological polar surface area (TPSA) is 62.7 Å². The minimum atomic E-state index is -1.15. The third-order valence-electron chi connectivity index (χ3n) is 5.60. The summed E-state index contributed by atoms with van der Waals surface area (Å²) in [6.45, 7) is 0.333. The summed E-state index contributed by atoms with van der Waals surface area (Å²) in [5.41, 5.74) is -0.0540. The molecular weight excluding hydrogens is 378 g/mol. The smallest absolute Gasteiger partial charge is 0.332 e. The number of hydrogen-bond donors (Lipinski definition) is 0. The van der Waals surface area contributed by atoms with Gasteiger partial charge in [0.15, 0.2) is 5.54 Å². The van der Waals surface area contributed by atoms with Gasteiger partial charge in [-0.15, -0.1) is 0 Å². The molecule has 140 valence electrons. The van der Waals surface area contributed by atoms with Crippen LogP contribution in [-0.2, 0) is 10.3 Å².